The van der Waals surface area contributed by atoms with Crippen LogP contribution in [0, 0.1) is 5.82 Å². The monoisotopic (exact) mass is 275 g/mol. The third kappa shape index (κ3) is 3.25. The molecule has 0 aliphatic heterocycles. The Kier molecular flexibility index (Phi) is 4.76. The van der Waals surface area contributed by atoms with Crippen molar-refractivity contribution in [2.75, 3.05) is 13.6 Å². The average Bonchev–Trinajstić information content (AvgIpc) is 2.35. The molecule has 1 aromatic rings. The maximum atomic E-state index is 13.4. The molecule has 4 N–H and O–H groups in total. The summed E-state index contributed by atoms with van der Waals surface area (Å²) < 4.78 is 39.2. The van der Waals surface area contributed by atoms with Gasteiger partial charge in [0, 0.05) is 19.2 Å². The second-order valence-electron chi connectivity index (χ2n) is 3.42. The molecule has 0 unspecified atom stereocenters. The van der Waals surface area contributed by atoms with Crippen LogP contribution in [0.2, 0.25) is 0 Å². The van der Waals surface area contributed by atoms with Gasteiger partial charge in [-0.3, -0.25) is 4.79 Å². The van der Waals surface area contributed by atoms with Crippen molar-refractivity contribution >= 4 is 15.9 Å². The predicted molar refractivity (Wildman–Crippen MR) is 63.5 cm³/mol. The van der Waals surface area contributed by atoms with E-state index in [0.717, 1.165) is 6.07 Å². The minimum Gasteiger partial charge on any atom is -0.358 e. The van der Waals surface area contributed by atoms with Gasteiger partial charge in [-0.05, 0) is 12.1 Å². The molecule has 0 saturated heterocycles. The molecule has 1 aromatic carbocycles. The number of hydrogen-bond donors (Lipinski definition) is 3. The lowest BCUT2D eigenvalue weighted by Crippen LogP contribution is -2.35. The van der Waals surface area contributed by atoms with Crippen LogP contribution in [0.4, 0.5) is 4.39 Å². The summed E-state index contributed by atoms with van der Waals surface area (Å²) in [5.41, 5.74) is 5.21. The first-order valence-electron chi connectivity index (χ1n) is 5.10. The van der Waals surface area contributed by atoms with Gasteiger partial charge in [-0.1, -0.05) is 6.07 Å². The maximum Gasteiger partial charge on any atom is 0.241 e. The smallest absolute Gasteiger partial charge is 0.241 e. The van der Waals surface area contributed by atoms with Crippen LogP contribution in [0.1, 0.15) is 5.56 Å². The Morgan fingerprint density at radius 3 is 2.67 bits per heavy atom. The molecular formula is C10H14FN3O3S. The van der Waals surface area contributed by atoms with Crippen LogP contribution in [0.5, 0.6) is 0 Å². The largest absolute Gasteiger partial charge is 0.358 e. The van der Waals surface area contributed by atoms with Gasteiger partial charge in [0.05, 0.1) is 11.4 Å². The van der Waals surface area contributed by atoms with Crippen LogP contribution in [-0.2, 0) is 21.4 Å². The van der Waals surface area contributed by atoms with E-state index in [1.807, 2.05) is 0 Å². The van der Waals surface area contributed by atoms with Gasteiger partial charge in [0.15, 0.2) is 0 Å². The number of hydrogen-bond acceptors (Lipinski definition) is 4. The zero-order valence-corrected chi connectivity index (χ0v) is 10.6. The van der Waals surface area contributed by atoms with Crippen LogP contribution in [0.25, 0.3) is 0 Å². The van der Waals surface area contributed by atoms with E-state index in [9.17, 15) is 17.6 Å². The van der Waals surface area contributed by atoms with Gasteiger partial charge in [-0.15, -0.1) is 0 Å². The van der Waals surface area contributed by atoms with E-state index in [0.29, 0.717) is 0 Å². The Morgan fingerprint density at radius 1 is 1.44 bits per heavy atom. The lowest BCUT2D eigenvalue weighted by atomic mass is 10.2. The number of nitrogens with one attached hydrogen (secondary N) is 2. The third-order valence-corrected chi connectivity index (χ3v) is 3.76. The third-order valence-electron chi connectivity index (χ3n) is 2.27. The van der Waals surface area contributed by atoms with E-state index in [1.165, 1.54) is 19.2 Å². The second kappa shape index (κ2) is 5.89. The highest BCUT2D eigenvalue weighted by Crippen LogP contribution is 2.17. The van der Waals surface area contributed by atoms with Crippen LogP contribution in [-0.4, -0.2) is 27.9 Å². The van der Waals surface area contributed by atoms with Gasteiger partial charge in [0.2, 0.25) is 15.9 Å². The van der Waals surface area contributed by atoms with Crippen molar-refractivity contribution in [2.24, 2.45) is 5.73 Å². The van der Waals surface area contributed by atoms with E-state index >= 15 is 0 Å². The number of sulfonamides is 1. The molecule has 0 radical (unpaired) electrons. The highest BCUT2D eigenvalue weighted by molar-refractivity contribution is 7.89. The molecule has 100 valence electrons. The molecule has 0 aliphatic carbocycles. The Labute approximate surface area is 104 Å². The number of nitrogens with two attached hydrogens (primary N) is 1. The number of carbonyl (C=O) groups is 1. The first kappa shape index (κ1) is 14.6. The summed E-state index contributed by atoms with van der Waals surface area (Å²) in [7, 11) is -2.58. The van der Waals surface area contributed by atoms with Gasteiger partial charge in [0.25, 0.3) is 0 Å². The number of rotatable bonds is 5. The summed E-state index contributed by atoms with van der Waals surface area (Å²) in [4.78, 5) is 10.7. The zero-order valence-electron chi connectivity index (χ0n) is 9.73. The fourth-order valence-corrected chi connectivity index (χ4v) is 2.55. The van der Waals surface area contributed by atoms with Gasteiger partial charge in [-0.25, -0.2) is 17.5 Å². The van der Waals surface area contributed by atoms with E-state index in [2.05, 4.69) is 10.0 Å². The molecule has 0 aliphatic rings. The van der Waals surface area contributed by atoms with Crippen LogP contribution in [0.3, 0.4) is 0 Å². The Bertz CT molecular complexity index is 545. The van der Waals surface area contributed by atoms with Gasteiger partial charge in [-0.2, -0.15) is 0 Å². The maximum absolute atomic E-state index is 13.4. The Balaban J connectivity index is 3.05. The number of likely N-dealkylation sites (N-methyl/N-ethyl adjacent to an activating group) is 1. The second-order valence-corrected chi connectivity index (χ2v) is 5.15. The van der Waals surface area contributed by atoms with Crippen molar-refractivity contribution in [1.82, 2.24) is 10.0 Å². The molecule has 0 aromatic heterocycles. The van der Waals surface area contributed by atoms with Crippen molar-refractivity contribution in [2.45, 2.75) is 11.4 Å². The van der Waals surface area contributed by atoms with Gasteiger partial charge < -0.3 is 11.1 Å². The van der Waals surface area contributed by atoms with Crippen LogP contribution in [0.15, 0.2) is 23.1 Å². The summed E-state index contributed by atoms with van der Waals surface area (Å²) in [5.74, 6) is -1.19. The summed E-state index contributed by atoms with van der Waals surface area (Å²) >= 11 is 0. The SMILES string of the molecule is CNC(=O)CNS(=O)(=O)c1cccc(F)c1CN. The summed E-state index contributed by atoms with van der Waals surface area (Å²) in [6.45, 7) is -0.664. The quantitative estimate of drug-likeness (QED) is 0.662. The topological polar surface area (TPSA) is 101 Å². The fourth-order valence-electron chi connectivity index (χ4n) is 1.32. The van der Waals surface area contributed by atoms with E-state index in [4.69, 9.17) is 5.73 Å². The van der Waals surface area contributed by atoms with Crippen molar-refractivity contribution in [3.8, 4) is 0 Å². The molecule has 0 saturated carbocycles. The van der Waals surface area contributed by atoms with E-state index < -0.39 is 28.3 Å². The van der Waals surface area contributed by atoms with Gasteiger partial charge in [0.1, 0.15) is 5.82 Å². The van der Waals surface area contributed by atoms with Crippen molar-refractivity contribution in [3.05, 3.63) is 29.6 Å². The number of amides is 1. The van der Waals surface area contributed by atoms with E-state index in [1.54, 1.807) is 0 Å². The van der Waals surface area contributed by atoms with Crippen LogP contribution >= 0.6 is 0 Å². The highest BCUT2D eigenvalue weighted by atomic mass is 32.2. The first-order valence-corrected chi connectivity index (χ1v) is 6.58. The van der Waals surface area contributed by atoms with Crippen LogP contribution < -0.4 is 15.8 Å². The lowest BCUT2D eigenvalue weighted by Gasteiger charge is -2.10. The van der Waals surface area contributed by atoms with Crippen molar-refractivity contribution in [1.29, 1.82) is 0 Å². The molecule has 0 heterocycles. The minimum absolute atomic E-state index is 0.109. The first-order chi connectivity index (χ1) is 8.42. The summed E-state index contributed by atoms with van der Waals surface area (Å²) in [6, 6.07) is 3.63. The standard InChI is InChI=1S/C10H14FN3O3S/c1-13-10(15)6-14-18(16,17)9-4-2-3-8(11)7(9)5-12/h2-4,14H,5-6,12H2,1H3,(H,13,15). The lowest BCUT2D eigenvalue weighted by molar-refractivity contribution is -0.119. The molecule has 0 fully saturated rings. The molecule has 18 heavy (non-hydrogen) atoms. The molecule has 1 rings (SSSR count). The number of benzene rings is 1. The Hall–Kier alpha value is -1.51. The molecule has 0 spiro atoms. The molecular weight excluding hydrogens is 261 g/mol. The zero-order chi connectivity index (χ0) is 13.8. The fraction of sp³-hybridized carbons (Fsp3) is 0.300. The van der Waals surface area contributed by atoms with Gasteiger partial charge >= 0.3 is 0 Å². The van der Waals surface area contributed by atoms with Crippen molar-refractivity contribution < 1.29 is 17.6 Å². The normalized spacial score (nSPS) is 11.3. The highest BCUT2D eigenvalue weighted by Gasteiger charge is 2.20. The molecule has 8 heteroatoms. The summed E-state index contributed by atoms with van der Waals surface area (Å²) in [5, 5.41) is 2.26. The molecule has 6 nitrogen and oxygen atoms in total. The number of halogens is 1. The van der Waals surface area contributed by atoms with E-state index in [-0.39, 0.29) is 17.0 Å². The predicted octanol–water partition coefficient (Wildman–Crippen LogP) is -0.691. The molecule has 1 amide bonds. The Morgan fingerprint density at radius 2 is 2.11 bits per heavy atom. The molecule has 0 bridgehead atoms. The van der Waals surface area contributed by atoms with Crippen molar-refractivity contribution in [3.63, 3.8) is 0 Å². The summed E-state index contributed by atoms with van der Waals surface area (Å²) in [6.07, 6.45) is 0. The number of carbonyl (C=O) groups excluding carboxylic acids is 1. The molecule has 0 atom stereocenters. The minimum atomic E-state index is -3.96. The average molecular weight is 275 g/mol.